The number of hydrogen-bond donors (Lipinski definition) is 1. The molecule has 1 aliphatic rings. The summed E-state index contributed by atoms with van der Waals surface area (Å²) in [6, 6.07) is 11.3. The summed E-state index contributed by atoms with van der Waals surface area (Å²) < 4.78 is 5.07. The van der Waals surface area contributed by atoms with Crippen molar-refractivity contribution in [3.63, 3.8) is 0 Å². The smallest absolute Gasteiger partial charge is 0.227 e. The van der Waals surface area contributed by atoms with Crippen molar-refractivity contribution in [3.05, 3.63) is 48.1 Å². The molecule has 3 rings (SSSR count). The molecule has 1 unspecified atom stereocenters. The number of rotatable bonds is 6. The first-order valence-corrected chi connectivity index (χ1v) is 7.97. The highest BCUT2D eigenvalue weighted by atomic mass is 16.5. The van der Waals surface area contributed by atoms with Gasteiger partial charge in [-0.3, -0.25) is 0 Å². The van der Waals surface area contributed by atoms with E-state index in [2.05, 4.69) is 45.8 Å². The summed E-state index contributed by atoms with van der Waals surface area (Å²) in [5.41, 5.74) is 1.40. The Balaban J connectivity index is 1.63. The van der Waals surface area contributed by atoms with Crippen LogP contribution in [0.4, 0.5) is 0 Å². The zero-order chi connectivity index (χ0) is 14.3. The van der Waals surface area contributed by atoms with Gasteiger partial charge >= 0.3 is 0 Å². The molecule has 0 aliphatic heterocycles. The summed E-state index contributed by atoms with van der Waals surface area (Å²) in [6.45, 7) is 0.873. The van der Waals surface area contributed by atoms with E-state index in [1.807, 2.05) is 0 Å². The number of benzene rings is 1. The number of nitrogens with one attached hydrogen (secondary N) is 1. The Kier molecular flexibility index (Phi) is 5.00. The zero-order valence-electron chi connectivity index (χ0n) is 12.4. The van der Waals surface area contributed by atoms with E-state index in [4.69, 9.17) is 4.52 Å². The van der Waals surface area contributed by atoms with E-state index in [0.717, 1.165) is 18.9 Å². The van der Waals surface area contributed by atoms with E-state index in [-0.39, 0.29) is 0 Å². The first kappa shape index (κ1) is 14.3. The largest absolute Gasteiger partial charge is 0.340 e. The molecule has 2 aromatic rings. The fourth-order valence-corrected chi connectivity index (χ4v) is 3.33. The number of aromatic nitrogens is 2. The van der Waals surface area contributed by atoms with Gasteiger partial charge in [0, 0.05) is 19.0 Å². The third kappa shape index (κ3) is 3.91. The molecule has 0 saturated heterocycles. The quantitative estimate of drug-likeness (QED) is 0.882. The molecule has 112 valence electrons. The SMILES string of the molecule is c1ccc(C(NCCc2ncno2)C2CCCCC2)cc1. The second-order valence-corrected chi connectivity index (χ2v) is 5.83. The molecule has 1 aliphatic carbocycles. The molecule has 0 amide bonds. The summed E-state index contributed by atoms with van der Waals surface area (Å²) >= 11 is 0. The molecule has 0 spiro atoms. The van der Waals surface area contributed by atoms with Crippen molar-refractivity contribution in [2.75, 3.05) is 6.54 Å². The highest BCUT2D eigenvalue weighted by Crippen LogP contribution is 2.34. The molecule has 0 bridgehead atoms. The molecule has 4 nitrogen and oxygen atoms in total. The van der Waals surface area contributed by atoms with E-state index in [1.54, 1.807) is 0 Å². The second-order valence-electron chi connectivity index (χ2n) is 5.83. The molecular weight excluding hydrogens is 262 g/mol. The molecule has 21 heavy (non-hydrogen) atoms. The van der Waals surface area contributed by atoms with E-state index in [9.17, 15) is 0 Å². The van der Waals surface area contributed by atoms with Crippen LogP contribution in [0.25, 0.3) is 0 Å². The van der Waals surface area contributed by atoms with Crippen LogP contribution >= 0.6 is 0 Å². The molecule has 1 aromatic carbocycles. The molecular formula is C17H23N3O. The van der Waals surface area contributed by atoms with Crippen LogP contribution in [0.3, 0.4) is 0 Å². The maximum Gasteiger partial charge on any atom is 0.227 e. The molecule has 1 N–H and O–H groups in total. The van der Waals surface area contributed by atoms with Gasteiger partial charge in [-0.15, -0.1) is 0 Å². The zero-order valence-corrected chi connectivity index (χ0v) is 12.4. The summed E-state index contributed by atoms with van der Waals surface area (Å²) in [6.07, 6.45) is 9.01. The van der Waals surface area contributed by atoms with Crippen LogP contribution in [0.1, 0.15) is 49.6 Å². The minimum Gasteiger partial charge on any atom is -0.340 e. The lowest BCUT2D eigenvalue weighted by molar-refractivity contribution is 0.269. The van der Waals surface area contributed by atoms with Crippen LogP contribution in [0, 0.1) is 5.92 Å². The highest BCUT2D eigenvalue weighted by Gasteiger charge is 2.24. The average Bonchev–Trinajstić information content (AvgIpc) is 3.07. The van der Waals surface area contributed by atoms with Crippen LogP contribution < -0.4 is 5.32 Å². The van der Waals surface area contributed by atoms with Crippen LogP contribution in [0.15, 0.2) is 41.2 Å². The van der Waals surface area contributed by atoms with E-state index in [1.165, 1.54) is 44.0 Å². The normalized spacial score (nSPS) is 17.7. The monoisotopic (exact) mass is 285 g/mol. The summed E-state index contributed by atoms with van der Waals surface area (Å²) in [7, 11) is 0. The molecule has 1 aromatic heterocycles. The third-order valence-electron chi connectivity index (χ3n) is 4.39. The van der Waals surface area contributed by atoms with Gasteiger partial charge in [0.1, 0.15) is 0 Å². The predicted octanol–water partition coefficient (Wildman–Crippen LogP) is 3.52. The van der Waals surface area contributed by atoms with E-state index >= 15 is 0 Å². The fraction of sp³-hybridized carbons (Fsp3) is 0.529. The molecule has 4 heteroatoms. The summed E-state index contributed by atoms with van der Waals surface area (Å²) in [4.78, 5) is 4.08. The molecule has 1 fully saturated rings. The van der Waals surface area contributed by atoms with Crippen molar-refractivity contribution in [2.24, 2.45) is 5.92 Å². The Morgan fingerprint density at radius 2 is 1.95 bits per heavy atom. The van der Waals surface area contributed by atoms with Crippen molar-refractivity contribution in [2.45, 2.75) is 44.6 Å². The fourth-order valence-electron chi connectivity index (χ4n) is 3.33. The van der Waals surface area contributed by atoms with Gasteiger partial charge in [-0.1, -0.05) is 54.8 Å². The average molecular weight is 285 g/mol. The van der Waals surface area contributed by atoms with Gasteiger partial charge in [0.05, 0.1) is 0 Å². The van der Waals surface area contributed by atoms with Crippen LogP contribution in [0.5, 0.6) is 0 Å². The van der Waals surface area contributed by atoms with Crippen LogP contribution in [-0.2, 0) is 6.42 Å². The Labute approximate surface area is 126 Å². The lowest BCUT2D eigenvalue weighted by Gasteiger charge is -2.31. The second kappa shape index (κ2) is 7.36. The van der Waals surface area contributed by atoms with E-state index < -0.39 is 0 Å². The summed E-state index contributed by atoms with van der Waals surface area (Å²) in [5, 5.41) is 7.37. The highest BCUT2D eigenvalue weighted by molar-refractivity contribution is 5.20. The number of nitrogens with zero attached hydrogens (tertiary/aromatic N) is 2. The predicted molar refractivity (Wildman–Crippen MR) is 81.8 cm³/mol. The van der Waals surface area contributed by atoms with Gasteiger partial charge in [0.25, 0.3) is 0 Å². The minimum absolute atomic E-state index is 0.439. The van der Waals surface area contributed by atoms with Gasteiger partial charge in [-0.25, -0.2) is 0 Å². The topological polar surface area (TPSA) is 51.0 Å². The third-order valence-corrected chi connectivity index (χ3v) is 4.39. The Bertz CT molecular complexity index is 506. The molecule has 0 radical (unpaired) electrons. The van der Waals surface area contributed by atoms with Crippen molar-refractivity contribution in [1.82, 2.24) is 15.5 Å². The van der Waals surface area contributed by atoms with Gasteiger partial charge in [0.15, 0.2) is 6.33 Å². The van der Waals surface area contributed by atoms with Gasteiger partial charge in [0.2, 0.25) is 5.89 Å². The number of hydrogen-bond acceptors (Lipinski definition) is 4. The standard InChI is InChI=1S/C17H23N3O/c1-3-7-14(8-4-1)17(15-9-5-2-6-10-15)18-12-11-16-19-13-20-21-16/h1,3-4,7-8,13,15,17-18H,2,5-6,9-12H2. The Morgan fingerprint density at radius 3 is 2.67 bits per heavy atom. The van der Waals surface area contributed by atoms with Crippen LogP contribution in [-0.4, -0.2) is 16.7 Å². The van der Waals surface area contributed by atoms with E-state index in [0.29, 0.717) is 11.9 Å². The Morgan fingerprint density at radius 1 is 1.14 bits per heavy atom. The van der Waals surface area contributed by atoms with Crippen molar-refractivity contribution in [3.8, 4) is 0 Å². The van der Waals surface area contributed by atoms with Gasteiger partial charge in [-0.2, -0.15) is 4.98 Å². The van der Waals surface area contributed by atoms with Crippen LogP contribution in [0.2, 0.25) is 0 Å². The molecule has 1 atom stereocenters. The van der Waals surface area contributed by atoms with Crippen molar-refractivity contribution >= 4 is 0 Å². The lowest BCUT2D eigenvalue weighted by atomic mass is 9.81. The molecule has 1 heterocycles. The minimum atomic E-state index is 0.439. The summed E-state index contributed by atoms with van der Waals surface area (Å²) in [5.74, 6) is 1.45. The maximum absolute atomic E-state index is 5.07. The maximum atomic E-state index is 5.07. The lowest BCUT2D eigenvalue weighted by Crippen LogP contribution is -2.31. The Hall–Kier alpha value is -1.68. The molecule has 1 saturated carbocycles. The van der Waals surface area contributed by atoms with Gasteiger partial charge < -0.3 is 9.84 Å². The van der Waals surface area contributed by atoms with Crippen molar-refractivity contribution < 1.29 is 4.52 Å². The van der Waals surface area contributed by atoms with Gasteiger partial charge in [-0.05, 0) is 24.3 Å². The first-order valence-electron chi connectivity index (χ1n) is 7.97. The van der Waals surface area contributed by atoms with Crippen molar-refractivity contribution in [1.29, 1.82) is 0 Å². The first-order chi connectivity index (χ1) is 10.4.